The molecule has 1 aliphatic rings. The molecule has 84 valence electrons. The van der Waals surface area contributed by atoms with Gasteiger partial charge in [-0.1, -0.05) is 48.0 Å². The quantitative estimate of drug-likeness (QED) is 0.717. The molecule has 2 aromatic rings. The Morgan fingerprint density at radius 1 is 0.941 bits per heavy atom. The number of carbonyl (C=O) groups is 1. The molecular weight excluding hydrogens is 236 g/mol. The van der Waals surface area contributed by atoms with Gasteiger partial charge in [-0.05, 0) is 12.1 Å². The van der Waals surface area contributed by atoms with Crippen LogP contribution in [0.3, 0.4) is 0 Å². The van der Waals surface area contributed by atoms with E-state index in [9.17, 15) is 4.79 Å². The number of halogens is 1. The van der Waals surface area contributed by atoms with Gasteiger partial charge in [0.1, 0.15) is 0 Å². The van der Waals surface area contributed by atoms with Gasteiger partial charge in [0.25, 0.3) is 0 Å². The summed E-state index contributed by atoms with van der Waals surface area (Å²) in [6.45, 7) is 0. The van der Waals surface area contributed by atoms with Crippen molar-refractivity contribution in [2.24, 2.45) is 0 Å². The van der Waals surface area contributed by atoms with Crippen LogP contribution >= 0.6 is 11.6 Å². The maximum Gasteiger partial charge on any atom is 0.339 e. The molecule has 0 N–H and O–H groups in total. The highest BCUT2D eigenvalue weighted by molar-refractivity contribution is 6.31. The van der Waals surface area contributed by atoms with Crippen LogP contribution in [0.15, 0.2) is 48.5 Å². The lowest BCUT2D eigenvalue weighted by molar-refractivity contribution is 0.0456. The van der Waals surface area contributed by atoms with Crippen molar-refractivity contribution < 1.29 is 9.53 Å². The molecule has 0 saturated heterocycles. The summed E-state index contributed by atoms with van der Waals surface area (Å²) < 4.78 is 5.38. The molecule has 2 nitrogen and oxygen atoms in total. The Bertz CT molecular complexity index is 592. The van der Waals surface area contributed by atoms with Gasteiger partial charge in [-0.15, -0.1) is 0 Å². The van der Waals surface area contributed by atoms with E-state index < -0.39 is 0 Å². The molecular formula is C14H9ClO2. The maximum atomic E-state index is 11.7. The van der Waals surface area contributed by atoms with E-state index in [-0.39, 0.29) is 12.1 Å². The molecule has 3 rings (SSSR count). The SMILES string of the molecule is O=C1OC(c2ccccc2Cl)c2ccccc21. The van der Waals surface area contributed by atoms with E-state index >= 15 is 0 Å². The predicted molar refractivity (Wildman–Crippen MR) is 65.2 cm³/mol. The van der Waals surface area contributed by atoms with Gasteiger partial charge in [-0.25, -0.2) is 4.79 Å². The summed E-state index contributed by atoms with van der Waals surface area (Å²) >= 11 is 6.13. The largest absolute Gasteiger partial charge is 0.449 e. The maximum absolute atomic E-state index is 11.7. The van der Waals surface area contributed by atoms with Crippen molar-refractivity contribution in [3.8, 4) is 0 Å². The number of esters is 1. The molecule has 1 heterocycles. The summed E-state index contributed by atoms with van der Waals surface area (Å²) in [5, 5.41) is 0.613. The number of ether oxygens (including phenoxy) is 1. The molecule has 0 fully saturated rings. The smallest absolute Gasteiger partial charge is 0.339 e. The second kappa shape index (κ2) is 3.90. The third-order valence-electron chi connectivity index (χ3n) is 2.88. The van der Waals surface area contributed by atoms with Crippen molar-refractivity contribution >= 4 is 17.6 Å². The molecule has 1 aliphatic heterocycles. The minimum atomic E-state index is -0.382. The lowest BCUT2D eigenvalue weighted by Crippen LogP contribution is -2.01. The van der Waals surface area contributed by atoms with Crippen LogP contribution in [0.1, 0.15) is 27.6 Å². The topological polar surface area (TPSA) is 26.3 Å². The molecule has 0 radical (unpaired) electrons. The molecule has 0 saturated carbocycles. The van der Waals surface area contributed by atoms with Crippen LogP contribution in [0.4, 0.5) is 0 Å². The number of fused-ring (bicyclic) bond motifs is 1. The molecule has 3 heteroatoms. The zero-order chi connectivity index (χ0) is 11.8. The standard InChI is InChI=1S/C14H9ClO2/c15-12-8-4-3-7-11(12)13-9-5-1-2-6-10(9)14(16)17-13/h1-8,13H. The highest BCUT2D eigenvalue weighted by atomic mass is 35.5. The Morgan fingerprint density at radius 2 is 1.59 bits per heavy atom. The van der Waals surface area contributed by atoms with Crippen molar-refractivity contribution in [2.75, 3.05) is 0 Å². The van der Waals surface area contributed by atoms with Crippen LogP contribution in [-0.2, 0) is 4.74 Å². The Balaban J connectivity index is 2.14. The van der Waals surface area contributed by atoms with E-state index in [4.69, 9.17) is 16.3 Å². The number of hydrogen-bond acceptors (Lipinski definition) is 2. The minimum Gasteiger partial charge on any atom is -0.449 e. The molecule has 17 heavy (non-hydrogen) atoms. The molecule has 0 bridgehead atoms. The van der Waals surface area contributed by atoms with Gasteiger partial charge in [0, 0.05) is 16.1 Å². The van der Waals surface area contributed by atoms with E-state index in [0.29, 0.717) is 10.6 Å². The molecule has 0 spiro atoms. The lowest BCUT2D eigenvalue weighted by Gasteiger charge is -2.12. The average molecular weight is 245 g/mol. The van der Waals surface area contributed by atoms with Gasteiger partial charge in [0.2, 0.25) is 0 Å². The summed E-state index contributed by atoms with van der Waals surface area (Å²) in [7, 11) is 0. The zero-order valence-electron chi connectivity index (χ0n) is 8.89. The number of cyclic esters (lactones) is 1. The summed E-state index contributed by atoms with van der Waals surface area (Å²) in [5.74, 6) is -0.287. The monoisotopic (exact) mass is 244 g/mol. The summed E-state index contributed by atoms with van der Waals surface area (Å²) in [5.41, 5.74) is 2.33. The molecule has 0 aromatic heterocycles. The summed E-state index contributed by atoms with van der Waals surface area (Å²) in [6.07, 6.45) is -0.382. The van der Waals surface area contributed by atoms with Crippen LogP contribution in [0.5, 0.6) is 0 Å². The average Bonchev–Trinajstić information content (AvgIpc) is 2.68. The van der Waals surface area contributed by atoms with Crippen LogP contribution in [-0.4, -0.2) is 5.97 Å². The molecule has 1 atom stereocenters. The number of hydrogen-bond donors (Lipinski definition) is 0. The Kier molecular flexibility index (Phi) is 2.37. The second-order valence-corrected chi connectivity index (χ2v) is 4.30. The van der Waals surface area contributed by atoms with Crippen molar-refractivity contribution in [3.63, 3.8) is 0 Å². The number of rotatable bonds is 1. The zero-order valence-corrected chi connectivity index (χ0v) is 9.65. The van der Waals surface area contributed by atoms with Crippen LogP contribution < -0.4 is 0 Å². The molecule has 1 unspecified atom stereocenters. The molecule has 2 aromatic carbocycles. The normalized spacial score (nSPS) is 17.7. The van der Waals surface area contributed by atoms with Gasteiger partial charge in [-0.2, -0.15) is 0 Å². The molecule has 0 aliphatic carbocycles. The Morgan fingerprint density at radius 3 is 2.35 bits per heavy atom. The van der Waals surface area contributed by atoms with Crippen LogP contribution in [0.25, 0.3) is 0 Å². The number of benzene rings is 2. The first-order valence-electron chi connectivity index (χ1n) is 5.31. The van der Waals surface area contributed by atoms with Gasteiger partial charge in [0.05, 0.1) is 5.56 Å². The first-order valence-corrected chi connectivity index (χ1v) is 5.69. The van der Waals surface area contributed by atoms with Gasteiger partial charge in [0.15, 0.2) is 6.10 Å². The van der Waals surface area contributed by atoms with Crippen molar-refractivity contribution in [1.82, 2.24) is 0 Å². The highest BCUT2D eigenvalue weighted by Gasteiger charge is 2.32. The fourth-order valence-corrected chi connectivity index (χ4v) is 2.30. The Hall–Kier alpha value is -1.80. The van der Waals surface area contributed by atoms with E-state index in [1.807, 2.05) is 36.4 Å². The van der Waals surface area contributed by atoms with Gasteiger partial charge >= 0.3 is 5.97 Å². The minimum absolute atomic E-state index is 0.287. The van der Waals surface area contributed by atoms with E-state index in [1.54, 1.807) is 12.1 Å². The van der Waals surface area contributed by atoms with E-state index in [0.717, 1.165) is 11.1 Å². The second-order valence-electron chi connectivity index (χ2n) is 3.89. The van der Waals surface area contributed by atoms with Crippen molar-refractivity contribution in [3.05, 3.63) is 70.2 Å². The summed E-state index contributed by atoms with van der Waals surface area (Å²) in [4.78, 5) is 11.7. The third-order valence-corrected chi connectivity index (χ3v) is 3.22. The van der Waals surface area contributed by atoms with Crippen LogP contribution in [0.2, 0.25) is 5.02 Å². The van der Waals surface area contributed by atoms with E-state index in [2.05, 4.69) is 0 Å². The Labute approximate surface area is 104 Å². The fourth-order valence-electron chi connectivity index (χ4n) is 2.06. The van der Waals surface area contributed by atoms with Crippen molar-refractivity contribution in [2.45, 2.75) is 6.10 Å². The predicted octanol–water partition coefficient (Wildman–Crippen LogP) is 3.60. The summed E-state index contributed by atoms with van der Waals surface area (Å²) in [6, 6.07) is 14.8. The lowest BCUT2D eigenvalue weighted by atomic mass is 9.99. The fraction of sp³-hybridized carbons (Fsp3) is 0.0714. The molecule has 0 amide bonds. The first kappa shape index (κ1) is 10.4. The van der Waals surface area contributed by atoms with Gasteiger partial charge < -0.3 is 4.74 Å². The van der Waals surface area contributed by atoms with Gasteiger partial charge in [-0.3, -0.25) is 0 Å². The van der Waals surface area contributed by atoms with E-state index in [1.165, 1.54) is 0 Å². The third kappa shape index (κ3) is 1.61. The van der Waals surface area contributed by atoms with Crippen LogP contribution in [0, 0.1) is 0 Å². The first-order chi connectivity index (χ1) is 8.27. The van der Waals surface area contributed by atoms with Crippen molar-refractivity contribution in [1.29, 1.82) is 0 Å². The number of carbonyl (C=O) groups excluding carboxylic acids is 1. The highest BCUT2D eigenvalue weighted by Crippen LogP contribution is 2.38.